The Bertz CT molecular complexity index is 829. The zero-order valence-electron chi connectivity index (χ0n) is 13.5. The van der Waals surface area contributed by atoms with Gasteiger partial charge in [-0.15, -0.1) is 0 Å². The van der Waals surface area contributed by atoms with Gasteiger partial charge in [-0.05, 0) is 37.1 Å². The van der Waals surface area contributed by atoms with Gasteiger partial charge in [0.05, 0.1) is 11.1 Å². The fourth-order valence-corrected chi connectivity index (χ4v) is 2.86. The van der Waals surface area contributed by atoms with Crippen molar-refractivity contribution in [2.75, 3.05) is 13.2 Å². The second-order valence-corrected chi connectivity index (χ2v) is 6.10. The summed E-state index contributed by atoms with van der Waals surface area (Å²) in [7, 11) is 0. The fraction of sp³-hybridized carbons (Fsp3) is 0.263. The van der Waals surface area contributed by atoms with Crippen LogP contribution in [0.4, 0.5) is 0 Å². The van der Waals surface area contributed by atoms with E-state index in [4.69, 9.17) is 20.8 Å². The zero-order chi connectivity index (χ0) is 17.6. The Balaban J connectivity index is 1.71. The molecule has 0 radical (unpaired) electrons. The van der Waals surface area contributed by atoms with Gasteiger partial charge in [0.1, 0.15) is 23.2 Å². The van der Waals surface area contributed by atoms with Crippen LogP contribution in [0.25, 0.3) is 17.4 Å². The minimum Gasteiger partial charge on any atom is -0.457 e. The molecule has 0 bridgehead atoms. The molecule has 1 aliphatic rings. The van der Waals surface area contributed by atoms with Gasteiger partial charge < -0.3 is 14.5 Å². The topological polar surface area (TPSA) is 75.3 Å². The van der Waals surface area contributed by atoms with Gasteiger partial charge in [-0.25, -0.2) is 0 Å². The van der Waals surface area contributed by atoms with Crippen LogP contribution in [0.3, 0.4) is 0 Å². The smallest absolute Gasteiger partial charge is 0.262 e. The van der Waals surface area contributed by atoms with Crippen LogP contribution in [0.15, 0.2) is 46.4 Å². The molecule has 1 fully saturated rings. The lowest BCUT2D eigenvalue weighted by Crippen LogP contribution is -2.32. The molecule has 1 saturated heterocycles. The molecule has 128 valence electrons. The predicted molar refractivity (Wildman–Crippen MR) is 94.7 cm³/mol. The van der Waals surface area contributed by atoms with Crippen LogP contribution in [0.2, 0.25) is 5.02 Å². The Morgan fingerprint density at radius 2 is 2.20 bits per heavy atom. The Morgan fingerprint density at radius 1 is 1.36 bits per heavy atom. The van der Waals surface area contributed by atoms with Crippen molar-refractivity contribution in [1.82, 2.24) is 5.32 Å². The van der Waals surface area contributed by atoms with Crippen LogP contribution in [-0.4, -0.2) is 25.2 Å². The number of amides is 1. The summed E-state index contributed by atoms with van der Waals surface area (Å²) in [5, 5.41) is 12.5. The number of carbonyl (C=O) groups is 1. The molecule has 0 saturated carbocycles. The molecule has 1 N–H and O–H groups in total. The average Bonchev–Trinajstić information content (AvgIpc) is 3.30. The molecule has 2 aromatic rings. The molecule has 0 spiro atoms. The predicted octanol–water partition coefficient (Wildman–Crippen LogP) is 3.80. The standard InChI is InChI=1S/C19H17ClN2O3/c20-17-6-2-1-5-16(17)18-8-7-14(25-18)10-13(11-21)19(23)22-12-15-4-3-9-24-15/h1-2,5-8,10,15H,3-4,9,12H2,(H,22,23)/b13-10-/t15-/m0/s1. The molecule has 25 heavy (non-hydrogen) atoms. The lowest BCUT2D eigenvalue weighted by atomic mass is 10.2. The second-order valence-electron chi connectivity index (χ2n) is 5.70. The number of nitrogens with one attached hydrogen (secondary N) is 1. The number of ether oxygens (including phenoxy) is 1. The Hall–Kier alpha value is -2.55. The molecular formula is C19H17ClN2O3. The number of furan rings is 1. The Labute approximate surface area is 150 Å². The highest BCUT2D eigenvalue weighted by Gasteiger charge is 2.18. The molecule has 5 nitrogen and oxygen atoms in total. The highest BCUT2D eigenvalue weighted by atomic mass is 35.5. The van der Waals surface area contributed by atoms with E-state index in [1.54, 1.807) is 18.2 Å². The van der Waals surface area contributed by atoms with Crippen LogP contribution in [0.5, 0.6) is 0 Å². The number of nitriles is 1. The van der Waals surface area contributed by atoms with Gasteiger partial charge in [0.15, 0.2) is 0 Å². The Kier molecular flexibility index (Phi) is 5.54. The first-order chi connectivity index (χ1) is 12.2. The molecule has 1 aliphatic heterocycles. The number of rotatable bonds is 5. The average molecular weight is 357 g/mol. The Morgan fingerprint density at radius 3 is 2.92 bits per heavy atom. The van der Waals surface area contributed by atoms with Crippen molar-refractivity contribution < 1.29 is 13.9 Å². The quantitative estimate of drug-likeness (QED) is 0.653. The van der Waals surface area contributed by atoms with E-state index in [0.717, 1.165) is 25.0 Å². The maximum absolute atomic E-state index is 12.1. The van der Waals surface area contributed by atoms with Crippen LogP contribution < -0.4 is 5.32 Å². The maximum Gasteiger partial charge on any atom is 0.262 e. The van der Waals surface area contributed by atoms with E-state index in [9.17, 15) is 10.1 Å². The van der Waals surface area contributed by atoms with Crippen LogP contribution in [0, 0.1) is 11.3 Å². The van der Waals surface area contributed by atoms with Crippen LogP contribution in [-0.2, 0) is 9.53 Å². The maximum atomic E-state index is 12.1. The van der Waals surface area contributed by atoms with Crippen molar-refractivity contribution in [1.29, 1.82) is 5.26 Å². The van der Waals surface area contributed by atoms with Crippen molar-refractivity contribution in [3.05, 3.63) is 52.8 Å². The SMILES string of the molecule is N#C/C(=C/c1ccc(-c2ccccc2Cl)o1)C(=O)NC[C@@H]1CCCO1. The molecule has 6 heteroatoms. The van der Waals surface area contributed by atoms with E-state index >= 15 is 0 Å². The molecule has 2 heterocycles. The first-order valence-corrected chi connectivity index (χ1v) is 8.41. The zero-order valence-corrected chi connectivity index (χ0v) is 14.3. The fourth-order valence-electron chi connectivity index (χ4n) is 2.63. The summed E-state index contributed by atoms with van der Waals surface area (Å²) >= 11 is 6.15. The van der Waals surface area contributed by atoms with Crippen molar-refractivity contribution >= 4 is 23.6 Å². The largest absolute Gasteiger partial charge is 0.457 e. The van der Waals surface area contributed by atoms with Gasteiger partial charge in [0, 0.05) is 24.8 Å². The normalized spacial score (nSPS) is 17.3. The third-order valence-corrected chi connectivity index (χ3v) is 4.26. The number of nitrogens with zero attached hydrogens (tertiary/aromatic N) is 1. The van der Waals surface area contributed by atoms with E-state index in [1.165, 1.54) is 6.08 Å². The summed E-state index contributed by atoms with van der Waals surface area (Å²) in [6.45, 7) is 1.12. The van der Waals surface area contributed by atoms with Gasteiger partial charge in [0.2, 0.25) is 0 Å². The number of halogens is 1. The molecule has 0 unspecified atom stereocenters. The summed E-state index contributed by atoms with van der Waals surface area (Å²) in [6.07, 6.45) is 3.37. The lowest BCUT2D eigenvalue weighted by molar-refractivity contribution is -0.117. The van der Waals surface area contributed by atoms with Gasteiger partial charge in [-0.3, -0.25) is 4.79 Å². The van der Waals surface area contributed by atoms with Gasteiger partial charge in [-0.1, -0.05) is 23.7 Å². The summed E-state index contributed by atoms with van der Waals surface area (Å²) in [5.41, 5.74) is 0.739. The molecule has 1 atom stereocenters. The van der Waals surface area contributed by atoms with E-state index < -0.39 is 5.91 Å². The number of hydrogen-bond acceptors (Lipinski definition) is 4. The first kappa shape index (κ1) is 17.3. The molecule has 0 aliphatic carbocycles. The summed E-state index contributed by atoms with van der Waals surface area (Å²) in [5.74, 6) is 0.557. The van der Waals surface area contributed by atoms with Crippen molar-refractivity contribution in [3.8, 4) is 17.4 Å². The number of benzene rings is 1. The lowest BCUT2D eigenvalue weighted by Gasteiger charge is -2.09. The van der Waals surface area contributed by atoms with E-state index in [-0.39, 0.29) is 11.7 Å². The summed E-state index contributed by atoms with van der Waals surface area (Å²) in [4.78, 5) is 12.1. The van der Waals surface area contributed by atoms with Crippen LogP contribution >= 0.6 is 11.6 Å². The van der Waals surface area contributed by atoms with Crippen molar-refractivity contribution in [2.24, 2.45) is 0 Å². The number of hydrogen-bond donors (Lipinski definition) is 1. The molecule has 3 rings (SSSR count). The summed E-state index contributed by atoms with van der Waals surface area (Å²) < 4.78 is 11.1. The van der Waals surface area contributed by atoms with Crippen LogP contribution in [0.1, 0.15) is 18.6 Å². The van der Waals surface area contributed by atoms with Gasteiger partial charge in [0.25, 0.3) is 5.91 Å². The minimum absolute atomic E-state index is 0.0157. The summed E-state index contributed by atoms with van der Waals surface area (Å²) in [6, 6.07) is 12.7. The molecule has 1 aromatic carbocycles. The number of carbonyl (C=O) groups excluding carboxylic acids is 1. The van der Waals surface area contributed by atoms with E-state index in [2.05, 4.69) is 5.32 Å². The van der Waals surface area contributed by atoms with Crippen molar-refractivity contribution in [2.45, 2.75) is 18.9 Å². The second kappa shape index (κ2) is 8.02. The highest BCUT2D eigenvalue weighted by Crippen LogP contribution is 2.29. The molecular weight excluding hydrogens is 340 g/mol. The minimum atomic E-state index is -0.436. The molecule has 1 aromatic heterocycles. The van der Waals surface area contributed by atoms with E-state index in [1.807, 2.05) is 24.3 Å². The third-order valence-electron chi connectivity index (χ3n) is 3.93. The van der Waals surface area contributed by atoms with Crippen molar-refractivity contribution in [3.63, 3.8) is 0 Å². The van der Waals surface area contributed by atoms with E-state index in [0.29, 0.717) is 23.1 Å². The van der Waals surface area contributed by atoms with Gasteiger partial charge in [-0.2, -0.15) is 5.26 Å². The van der Waals surface area contributed by atoms with Gasteiger partial charge >= 0.3 is 0 Å². The highest BCUT2D eigenvalue weighted by molar-refractivity contribution is 6.33. The first-order valence-electron chi connectivity index (χ1n) is 8.03. The molecule has 1 amide bonds. The third kappa shape index (κ3) is 4.30. The monoisotopic (exact) mass is 356 g/mol.